The van der Waals surface area contributed by atoms with Crippen molar-refractivity contribution in [1.29, 1.82) is 0 Å². The first-order chi connectivity index (χ1) is 14.3. The molecule has 140 valence electrons. The van der Waals surface area contributed by atoms with Crippen molar-refractivity contribution in [3.8, 4) is 5.75 Å². The molecule has 0 spiro atoms. The van der Waals surface area contributed by atoms with Gasteiger partial charge in [-0.15, -0.1) is 0 Å². The van der Waals surface area contributed by atoms with Gasteiger partial charge >= 0.3 is 0 Å². The summed E-state index contributed by atoms with van der Waals surface area (Å²) >= 11 is 0. The molecule has 0 bridgehead atoms. The summed E-state index contributed by atoms with van der Waals surface area (Å²) in [7, 11) is 1.69. The smallest absolute Gasteiger partial charge is 0.214 e. The zero-order valence-corrected chi connectivity index (χ0v) is 16.4. The Balaban J connectivity index is 1.62. The number of methoxy groups -OCH3 is 1. The molecule has 0 radical (unpaired) electrons. The molecule has 5 rings (SSSR count). The molecule has 0 unspecified atom stereocenters. The molecule has 0 N–H and O–H groups in total. The topological polar surface area (TPSA) is 12.2 Å². The van der Waals surface area contributed by atoms with Gasteiger partial charge in [-0.3, -0.25) is 0 Å². The van der Waals surface area contributed by atoms with Crippen LogP contribution in [0.3, 0.4) is 0 Å². The Morgan fingerprint density at radius 2 is 1.52 bits per heavy atom. The standard InChI is InChI=1S/C27H22NO/c1-29-23-16-13-20(14-17-23)15-18-25-24-11-5-9-22-10-6-12-26(27(22)24)28(25)19-21-7-3-2-4-8-21/h2-18H,19H2,1H3/q+1/b18-15+. The highest BCUT2D eigenvalue weighted by atomic mass is 16.5. The average molecular weight is 376 g/mol. The molecule has 2 heteroatoms. The number of rotatable bonds is 5. The summed E-state index contributed by atoms with van der Waals surface area (Å²) in [6.07, 6.45) is 4.41. The number of benzene rings is 4. The number of hydrogen-bond acceptors (Lipinski definition) is 1. The summed E-state index contributed by atoms with van der Waals surface area (Å²) in [5.74, 6) is 0.874. The highest BCUT2D eigenvalue weighted by molar-refractivity contribution is 6.20. The van der Waals surface area contributed by atoms with Crippen molar-refractivity contribution in [3.63, 3.8) is 0 Å². The normalized spacial score (nSPS) is 12.9. The Labute approximate surface area is 171 Å². The van der Waals surface area contributed by atoms with Gasteiger partial charge in [-0.05, 0) is 35.2 Å². The minimum absolute atomic E-state index is 0.844. The van der Waals surface area contributed by atoms with Crippen molar-refractivity contribution >= 4 is 28.2 Å². The lowest BCUT2D eigenvalue weighted by Crippen LogP contribution is -2.11. The fourth-order valence-electron chi connectivity index (χ4n) is 4.04. The van der Waals surface area contributed by atoms with Crippen LogP contribution in [0.2, 0.25) is 0 Å². The molecule has 4 aromatic rings. The third-order valence-corrected chi connectivity index (χ3v) is 5.47. The van der Waals surface area contributed by atoms with E-state index in [0.29, 0.717) is 0 Å². The van der Waals surface area contributed by atoms with E-state index in [2.05, 4.69) is 95.6 Å². The molecule has 0 atom stereocenters. The van der Waals surface area contributed by atoms with Crippen LogP contribution >= 0.6 is 0 Å². The lowest BCUT2D eigenvalue weighted by Gasteiger charge is -2.03. The van der Waals surface area contributed by atoms with E-state index in [0.717, 1.165) is 17.9 Å². The second-order valence-electron chi connectivity index (χ2n) is 7.24. The maximum absolute atomic E-state index is 5.27. The average Bonchev–Trinajstić information content (AvgIpc) is 3.08. The number of allylic oxidation sites excluding steroid dienone is 1. The van der Waals surface area contributed by atoms with Crippen LogP contribution in [0, 0.1) is 0 Å². The van der Waals surface area contributed by atoms with Gasteiger partial charge in [-0.1, -0.05) is 66.7 Å². The summed E-state index contributed by atoms with van der Waals surface area (Å²) in [6, 6.07) is 31.9. The van der Waals surface area contributed by atoms with E-state index in [1.54, 1.807) is 7.11 Å². The first-order valence-electron chi connectivity index (χ1n) is 9.86. The Morgan fingerprint density at radius 1 is 0.759 bits per heavy atom. The van der Waals surface area contributed by atoms with Gasteiger partial charge in [-0.25, -0.2) is 0 Å². The predicted octanol–water partition coefficient (Wildman–Crippen LogP) is 6.21. The van der Waals surface area contributed by atoms with Crippen LogP contribution < -0.4 is 4.74 Å². The quantitative estimate of drug-likeness (QED) is 0.377. The van der Waals surface area contributed by atoms with Crippen LogP contribution in [0.1, 0.15) is 16.7 Å². The van der Waals surface area contributed by atoms with Crippen LogP contribution in [0.5, 0.6) is 5.75 Å². The fourth-order valence-corrected chi connectivity index (χ4v) is 4.04. The van der Waals surface area contributed by atoms with Gasteiger partial charge in [-0.2, -0.15) is 4.58 Å². The molecule has 1 aliphatic heterocycles. The van der Waals surface area contributed by atoms with E-state index in [1.807, 2.05) is 12.1 Å². The van der Waals surface area contributed by atoms with Gasteiger partial charge in [0.1, 0.15) is 5.75 Å². The van der Waals surface area contributed by atoms with E-state index in [1.165, 1.54) is 33.3 Å². The Hall–Kier alpha value is -3.65. The molecular formula is C27H22NO+. The van der Waals surface area contributed by atoms with Crippen molar-refractivity contribution in [2.24, 2.45) is 0 Å². The van der Waals surface area contributed by atoms with Gasteiger partial charge in [0.15, 0.2) is 6.54 Å². The maximum atomic E-state index is 5.27. The molecule has 0 fully saturated rings. The molecular weight excluding hydrogens is 354 g/mol. The van der Waals surface area contributed by atoms with Crippen LogP contribution in [0.4, 0.5) is 5.69 Å². The monoisotopic (exact) mass is 376 g/mol. The van der Waals surface area contributed by atoms with Crippen molar-refractivity contribution in [3.05, 3.63) is 114 Å². The molecule has 0 saturated heterocycles. The van der Waals surface area contributed by atoms with E-state index >= 15 is 0 Å². The first kappa shape index (κ1) is 17.4. The van der Waals surface area contributed by atoms with Crippen LogP contribution in [0.15, 0.2) is 97.1 Å². The van der Waals surface area contributed by atoms with E-state index in [9.17, 15) is 0 Å². The van der Waals surface area contributed by atoms with Gasteiger partial charge < -0.3 is 4.74 Å². The first-order valence-corrected chi connectivity index (χ1v) is 9.86. The second kappa shape index (κ2) is 7.40. The maximum Gasteiger partial charge on any atom is 0.214 e. The summed E-state index contributed by atoms with van der Waals surface area (Å²) in [4.78, 5) is 0. The lowest BCUT2D eigenvalue weighted by atomic mass is 10.0. The Morgan fingerprint density at radius 3 is 2.28 bits per heavy atom. The third-order valence-electron chi connectivity index (χ3n) is 5.47. The molecule has 4 aromatic carbocycles. The summed E-state index contributed by atoms with van der Waals surface area (Å²) in [6.45, 7) is 0.844. The summed E-state index contributed by atoms with van der Waals surface area (Å²) in [5, 5.41) is 2.62. The second-order valence-corrected chi connectivity index (χ2v) is 7.24. The SMILES string of the molecule is COc1ccc(/C=C/C2=[N+](Cc3ccccc3)c3cccc4cccc2c34)cc1. The van der Waals surface area contributed by atoms with Crippen LogP contribution in [-0.4, -0.2) is 17.4 Å². The molecule has 2 nitrogen and oxygen atoms in total. The minimum atomic E-state index is 0.844. The zero-order chi connectivity index (χ0) is 19.6. The Kier molecular flexibility index (Phi) is 4.45. The molecule has 0 aliphatic carbocycles. The molecule has 0 aromatic heterocycles. The van der Waals surface area contributed by atoms with Crippen LogP contribution in [0.25, 0.3) is 16.8 Å². The van der Waals surface area contributed by atoms with Crippen molar-refractivity contribution in [2.75, 3.05) is 7.11 Å². The van der Waals surface area contributed by atoms with Crippen molar-refractivity contribution in [1.82, 2.24) is 0 Å². The van der Waals surface area contributed by atoms with E-state index in [4.69, 9.17) is 4.74 Å². The fraction of sp³-hybridized carbons (Fsp3) is 0.0741. The number of ether oxygens (including phenoxy) is 1. The van der Waals surface area contributed by atoms with Gasteiger partial charge in [0, 0.05) is 17.7 Å². The highest BCUT2D eigenvalue weighted by Crippen LogP contribution is 2.36. The lowest BCUT2D eigenvalue weighted by molar-refractivity contribution is -0.452. The molecule has 0 saturated carbocycles. The predicted molar refractivity (Wildman–Crippen MR) is 120 cm³/mol. The zero-order valence-electron chi connectivity index (χ0n) is 16.4. The number of hydrogen-bond donors (Lipinski definition) is 0. The Bertz CT molecular complexity index is 1230. The van der Waals surface area contributed by atoms with E-state index < -0.39 is 0 Å². The molecule has 29 heavy (non-hydrogen) atoms. The van der Waals surface area contributed by atoms with E-state index in [-0.39, 0.29) is 0 Å². The van der Waals surface area contributed by atoms with Gasteiger partial charge in [0.25, 0.3) is 0 Å². The third kappa shape index (κ3) is 3.23. The van der Waals surface area contributed by atoms with Gasteiger partial charge in [0.05, 0.1) is 18.1 Å². The number of nitrogens with zero attached hydrogens (tertiary/aromatic N) is 1. The largest absolute Gasteiger partial charge is 0.497 e. The minimum Gasteiger partial charge on any atom is -0.497 e. The molecule has 1 heterocycles. The highest BCUT2D eigenvalue weighted by Gasteiger charge is 2.30. The summed E-state index contributed by atoms with van der Waals surface area (Å²) in [5.41, 5.74) is 6.25. The van der Waals surface area contributed by atoms with Crippen LogP contribution in [-0.2, 0) is 6.54 Å². The summed E-state index contributed by atoms with van der Waals surface area (Å²) < 4.78 is 7.70. The van der Waals surface area contributed by atoms with Crippen molar-refractivity contribution in [2.45, 2.75) is 6.54 Å². The van der Waals surface area contributed by atoms with Crippen molar-refractivity contribution < 1.29 is 9.31 Å². The van der Waals surface area contributed by atoms with Gasteiger partial charge in [0.2, 0.25) is 11.4 Å². The molecule has 0 amide bonds. The molecule has 1 aliphatic rings.